The highest BCUT2D eigenvalue weighted by Gasteiger charge is 2.15. The molecule has 0 amide bonds. The number of ether oxygens (including phenoxy) is 1. The molecule has 0 aliphatic carbocycles. The number of anilines is 1. The smallest absolute Gasteiger partial charge is 0.341 e. The van der Waals surface area contributed by atoms with E-state index in [1.54, 1.807) is 0 Å². The maximum Gasteiger partial charge on any atom is 0.341 e. The number of benzene rings is 1. The first-order chi connectivity index (χ1) is 8.04. The van der Waals surface area contributed by atoms with Gasteiger partial charge in [-0.05, 0) is 34.7 Å². The lowest BCUT2D eigenvalue weighted by atomic mass is 10.1. The lowest BCUT2D eigenvalue weighted by Gasteiger charge is -2.08. The van der Waals surface area contributed by atoms with Gasteiger partial charge in [-0.25, -0.2) is 9.18 Å². The number of carbonyl (C=O) groups excluding carboxylic acids is 1. The van der Waals surface area contributed by atoms with Crippen LogP contribution in [0.25, 0.3) is 10.9 Å². The van der Waals surface area contributed by atoms with Crippen LogP contribution < -0.4 is 5.73 Å². The lowest BCUT2D eigenvalue weighted by molar-refractivity contribution is 0.0601. The minimum absolute atomic E-state index is 0.140. The van der Waals surface area contributed by atoms with Crippen LogP contribution in [0.15, 0.2) is 18.3 Å². The van der Waals surface area contributed by atoms with Gasteiger partial charge in [-0.2, -0.15) is 0 Å². The first-order valence-electron chi connectivity index (χ1n) is 4.66. The van der Waals surface area contributed by atoms with Crippen molar-refractivity contribution in [3.05, 3.63) is 33.3 Å². The third-order valence-electron chi connectivity index (χ3n) is 2.34. The minimum Gasteiger partial charge on any atom is -0.465 e. The Balaban J connectivity index is 2.79. The highest BCUT2D eigenvalue weighted by atomic mass is 127. The molecule has 2 N–H and O–H groups in total. The van der Waals surface area contributed by atoms with E-state index in [9.17, 15) is 9.18 Å². The summed E-state index contributed by atoms with van der Waals surface area (Å²) in [5.74, 6) is -1.01. The first kappa shape index (κ1) is 12.0. The van der Waals surface area contributed by atoms with Crippen LogP contribution in [-0.4, -0.2) is 18.1 Å². The molecule has 1 heterocycles. The van der Waals surface area contributed by atoms with E-state index in [0.29, 0.717) is 14.5 Å². The molecule has 0 unspecified atom stereocenters. The summed E-state index contributed by atoms with van der Waals surface area (Å²) in [7, 11) is 1.25. The van der Waals surface area contributed by atoms with Crippen LogP contribution in [0.3, 0.4) is 0 Å². The Morgan fingerprint density at radius 3 is 2.88 bits per heavy atom. The van der Waals surface area contributed by atoms with E-state index in [1.807, 2.05) is 22.6 Å². The molecule has 88 valence electrons. The van der Waals surface area contributed by atoms with Gasteiger partial charge in [0.05, 0.1) is 18.3 Å². The molecule has 17 heavy (non-hydrogen) atoms. The van der Waals surface area contributed by atoms with E-state index in [2.05, 4.69) is 9.72 Å². The van der Waals surface area contributed by atoms with Crippen molar-refractivity contribution in [3.8, 4) is 0 Å². The predicted molar refractivity (Wildman–Crippen MR) is 70.2 cm³/mol. The lowest BCUT2D eigenvalue weighted by Crippen LogP contribution is -2.07. The maximum atomic E-state index is 13.3. The molecule has 0 aliphatic heterocycles. The van der Waals surface area contributed by atoms with E-state index in [0.717, 1.165) is 0 Å². The molecule has 4 nitrogen and oxygen atoms in total. The molecule has 0 saturated heterocycles. The Hall–Kier alpha value is -1.44. The zero-order chi connectivity index (χ0) is 12.6. The van der Waals surface area contributed by atoms with Gasteiger partial charge in [-0.3, -0.25) is 4.98 Å². The van der Waals surface area contributed by atoms with Crippen molar-refractivity contribution in [2.45, 2.75) is 0 Å². The fourth-order valence-corrected chi connectivity index (χ4v) is 2.25. The highest BCUT2D eigenvalue weighted by molar-refractivity contribution is 14.1. The number of nitrogens with zero attached hydrogens (tertiary/aromatic N) is 1. The highest BCUT2D eigenvalue weighted by Crippen LogP contribution is 2.27. The summed E-state index contributed by atoms with van der Waals surface area (Å²) in [6.07, 6.45) is 1.34. The van der Waals surface area contributed by atoms with Crippen molar-refractivity contribution in [2.24, 2.45) is 0 Å². The van der Waals surface area contributed by atoms with E-state index in [-0.39, 0.29) is 11.3 Å². The van der Waals surface area contributed by atoms with Gasteiger partial charge < -0.3 is 10.5 Å². The molecule has 2 rings (SSSR count). The third kappa shape index (κ3) is 2.04. The summed E-state index contributed by atoms with van der Waals surface area (Å²) in [5, 5.41) is 0.414. The number of pyridine rings is 1. The number of hydrogen-bond donors (Lipinski definition) is 1. The van der Waals surface area contributed by atoms with Crippen molar-refractivity contribution in [3.63, 3.8) is 0 Å². The number of methoxy groups -OCH3 is 1. The fourth-order valence-electron chi connectivity index (χ4n) is 1.52. The van der Waals surface area contributed by atoms with Crippen LogP contribution in [0.4, 0.5) is 10.1 Å². The van der Waals surface area contributed by atoms with Crippen LogP contribution in [0.5, 0.6) is 0 Å². The Morgan fingerprint density at radius 2 is 2.24 bits per heavy atom. The Labute approximate surface area is 110 Å². The number of nitrogen functional groups attached to an aromatic ring is 1. The first-order valence-corrected chi connectivity index (χ1v) is 5.74. The Bertz CT molecular complexity index is 616. The van der Waals surface area contributed by atoms with Crippen LogP contribution >= 0.6 is 22.6 Å². The van der Waals surface area contributed by atoms with Crippen LogP contribution in [0.1, 0.15) is 10.4 Å². The molecule has 0 fully saturated rings. The third-order valence-corrected chi connectivity index (χ3v) is 3.16. The molecule has 0 aliphatic rings. The van der Waals surface area contributed by atoms with Gasteiger partial charge in [0.25, 0.3) is 0 Å². The van der Waals surface area contributed by atoms with Gasteiger partial charge in [0.15, 0.2) is 0 Å². The maximum absolute atomic E-state index is 13.3. The summed E-state index contributed by atoms with van der Waals surface area (Å²) in [4.78, 5) is 15.5. The van der Waals surface area contributed by atoms with Gasteiger partial charge in [-0.1, -0.05) is 0 Å². The van der Waals surface area contributed by atoms with Crippen LogP contribution in [0, 0.1) is 9.39 Å². The molecule has 0 spiro atoms. The SMILES string of the molecule is COC(=O)c1cnc2c(I)cc(F)cc2c1N. The zero-order valence-corrected chi connectivity index (χ0v) is 11.0. The average molecular weight is 346 g/mol. The van der Waals surface area contributed by atoms with E-state index < -0.39 is 11.8 Å². The topological polar surface area (TPSA) is 65.2 Å². The normalized spacial score (nSPS) is 10.5. The zero-order valence-electron chi connectivity index (χ0n) is 8.83. The molecule has 0 saturated carbocycles. The Kier molecular flexibility index (Phi) is 3.14. The van der Waals surface area contributed by atoms with Gasteiger partial charge >= 0.3 is 5.97 Å². The summed E-state index contributed by atoms with van der Waals surface area (Å²) < 4.78 is 18.5. The second-order valence-corrected chi connectivity index (χ2v) is 4.52. The number of hydrogen-bond acceptors (Lipinski definition) is 4. The molecular weight excluding hydrogens is 338 g/mol. The van der Waals surface area contributed by atoms with Gasteiger partial charge in [0.1, 0.15) is 11.4 Å². The number of carbonyl (C=O) groups is 1. The number of halogens is 2. The van der Waals surface area contributed by atoms with Crippen molar-refractivity contribution in [2.75, 3.05) is 12.8 Å². The number of nitrogens with two attached hydrogens (primary N) is 1. The van der Waals surface area contributed by atoms with Crippen molar-refractivity contribution < 1.29 is 13.9 Å². The molecule has 1 aromatic heterocycles. The van der Waals surface area contributed by atoms with Gasteiger partial charge in [-0.15, -0.1) is 0 Å². The summed E-state index contributed by atoms with van der Waals surface area (Å²) in [6, 6.07) is 2.61. The molecule has 2 aromatic rings. The van der Waals surface area contributed by atoms with Crippen molar-refractivity contribution >= 4 is 45.2 Å². The molecule has 1 aromatic carbocycles. The minimum atomic E-state index is -0.587. The summed E-state index contributed by atoms with van der Waals surface area (Å²) in [6.45, 7) is 0. The number of rotatable bonds is 1. The molecule has 0 atom stereocenters. The van der Waals surface area contributed by atoms with E-state index >= 15 is 0 Å². The standard InChI is InChI=1S/C11H8FIN2O2/c1-17-11(16)7-4-15-10-6(9(7)14)2-5(12)3-8(10)13/h2-4H,1H3,(H2,14,15). The number of fused-ring (bicyclic) bond motifs is 1. The van der Waals surface area contributed by atoms with Crippen molar-refractivity contribution in [1.82, 2.24) is 4.98 Å². The molecular formula is C11H8FIN2O2. The van der Waals surface area contributed by atoms with E-state index in [1.165, 1.54) is 25.4 Å². The quantitative estimate of drug-likeness (QED) is 0.636. The second-order valence-electron chi connectivity index (χ2n) is 3.36. The average Bonchev–Trinajstić information content (AvgIpc) is 2.29. The largest absolute Gasteiger partial charge is 0.465 e. The monoisotopic (exact) mass is 346 g/mol. The molecule has 0 bridgehead atoms. The van der Waals surface area contributed by atoms with Gasteiger partial charge in [0, 0.05) is 15.2 Å². The van der Waals surface area contributed by atoms with Crippen LogP contribution in [0.2, 0.25) is 0 Å². The summed E-state index contributed by atoms with van der Waals surface area (Å²) >= 11 is 1.96. The Morgan fingerprint density at radius 1 is 1.53 bits per heavy atom. The number of aromatic nitrogens is 1. The molecule has 0 radical (unpaired) electrons. The molecule has 6 heteroatoms. The van der Waals surface area contributed by atoms with Crippen molar-refractivity contribution in [1.29, 1.82) is 0 Å². The van der Waals surface area contributed by atoms with Gasteiger partial charge in [0.2, 0.25) is 0 Å². The fraction of sp³-hybridized carbons (Fsp3) is 0.0909. The predicted octanol–water partition coefficient (Wildman–Crippen LogP) is 2.35. The second kappa shape index (κ2) is 4.44. The van der Waals surface area contributed by atoms with E-state index in [4.69, 9.17) is 5.73 Å². The van der Waals surface area contributed by atoms with Crippen LogP contribution in [-0.2, 0) is 4.74 Å². The summed E-state index contributed by atoms with van der Waals surface area (Å²) in [5.41, 5.74) is 6.71. The number of esters is 1.